The number of hydrogen-bond donors (Lipinski definition) is 0. The molecule has 0 heterocycles. The maximum absolute atomic E-state index is 6.22. The average Bonchev–Trinajstić information content (AvgIpc) is 2.71. The quantitative estimate of drug-likeness (QED) is 0.208. The molecule has 0 saturated carbocycles. The van der Waals surface area contributed by atoms with Gasteiger partial charge in [0.15, 0.2) is 0 Å². The monoisotopic (exact) mass is 522 g/mol. The maximum atomic E-state index is 6.22. The predicted octanol–water partition coefficient (Wildman–Crippen LogP) is 8.68. The standard InChI is InChI=1S/C29H42O3Si3/c1-29(23-11-17-26(18-12-23)30-33(2,3)4,24-13-19-27(20-14-24)31-34(5,6)7)25-15-21-28(22-16-25)32-35(8,9)10/h11-22H,1-10H3. The van der Waals surface area contributed by atoms with Gasteiger partial charge in [0.1, 0.15) is 17.2 Å². The van der Waals surface area contributed by atoms with Gasteiger partial charge in [0.05, 0.1) is 0 Å². The highest BCUT2D eigenvalue weighted by Crippen LogP contribution is 2.41. The third-order valence-corrected chi connectivity index (χ3v) is 8.11. The highest BCUT2D eigenvalue weighted by Gasteiger charge is 2.32. The molecule has 0 amide bonds. The summed E-state index contributed by atoms with van der Waals surface area (Å²) >= 11 is 0. The van der Waals surface area contributed by atoms with E-state index in [1.807, 2.05) is 0 Å². The molecule has 3 rings (SSSR count). The van der Waals surface area contributed by atoms with Crippen LogP contribution in [0.4, 0.5) is 0 Å². The van der Waals surface area contributed by atoms with E-state index in [1.165, 1.54) is 16.7 Å². The van der Waals surface area contributed by atoms with Gasteiger partial charge in [0.2, 0.25) is 25.0 Å². The largest absolute Gasteiger partial charge is 0.544 e. The van der Waals surface area contributed by atoms with Crippen LogP contribution in [0.25, 0.3) is 0 Å². The van der Waals surface area contributed by atoms with E-state index in [2.05, 4.69) is 139 Å². The minimum absolute atomic E-state index is 0.340. The number of rotatable bonds is 9. The van der Waals surface area contributed by atoms with Crippen molar-refractivity contribution >= 4 is 25.0 Å². The lowest BCUT2D eigenvalue weighted by atomic mass is 9.71. The van der Waals surface area contributed by atoms with Crippen LogP contribution in [-0.4, -0.2) is 25.0 Å². The molecule has 0 bridgehead atoms. The van der Waals surface area contributed by atoms with Gasteiger partial charge in [-0.15, -0.1) is 0 Å². The second-order valence-electron chi connectivity index (χ2n) is 12.3. The molecule has 0 aromatic heterocycles. The van der Waals surface area contributed by atoms with E-state index < -0.39 is 25.0 Å². The molecule has 0 atom stereocenters. The zero-order valence-electron chi connectivity index (χ0n) is 23.2. The molecule has 0 saturated heterocycles. The van der Waals surface area contributed by atoms with Crippen molar-refractivity contribution in [3.63, 3.8) is 0 Å². The summed E-state index contributed by atoms with van der Waals surface area (Å²) < 4.78 is 18.7. The minimum atomic E-state index is -1.66. The highest BCUT2D eigenvalue weighted by atomic mass is 28.4. The van der Waals surface area contributed by atoms with E-state index in [0.717, 1.165) is 17.2 Å². The van der Waals surface area contributed by atoms with Gasteiger partial charge in [-0.25, -0.2) is 0 Å². The first-order valence-electron chi connectivity index (χ1n) is 12.4. The van der Waals surface area contributed by atoms with Crippen LogP contribution in [0.1, 0.15) is 23.6 Å². The first-order chi connectivity index (χ1) is 16.1. The van der Waals surface area contributed by atoms with Gasteiger partial charge in [0, 0.05) is 5.41 Å². The zero-order chi connectivity index (χ0) is 26.1. The van der Waals surface area contributed by atoms with Crippen molar-refractivity contribution in [2.24, 2.45) is 0 Å². The normalized spacial score (nSPS) is 12.9. The van der Waals surface area contributed by atoms with Gasteiger partial charge in [-0.1, -0.05) is 36.4 Å². The van der Waals surface area contributed by atoms with E-state index in [1.54, 1.807) is 0 Å². The van der Waals surface area contributed by atoms with Crippen LogP contribution in [0.3, 0.4) is 0 Å². The van der Waals surface area contributed by atoms with Crippen LogP contribution in [-0.2, 0) is 5.41 Å². The molecule has 0 N–H and O–H groups in total. The predicted molar refractivity (Wildman–Crippen MR) is 157 cm³/mol. The molecule has 0 unspecified atom stereocenters. The van der Waals surface area contributed by atoms with Crippen molar-refractivity contribution in [3.8, 4) is 17.2 Å². The summed E-state index contributed by atoms with van der Waals surface area (Å²) in [6, 6.07) is 25.9. The minimum Gasteiger partial charge on any atom is -0.544 e. The SMILES string of the molecule is CC(c1ccc(O[Si](C)(C)C)cc1)(c1ccc(O[Si](C)(C)C)cc1)c1ccc(O[Si](C)(C)C)cc1. The van der Waals surface area contributed by atoms with E-state index in [9.17, 15) is 0 Å². The summed E-state index contributed by atoms with van der Waals surface area (Å²) in [6.45, 7) is 22.2. The Labute approximate surface area is 215 Å². The molecule has 35 heavy (non-hydrogen) atoms. The van der Waals surface area contributed by atoms with Gasteiger partial charge in [-0.2, -0.15) is 0 Å². The Bertz CT molecular complexity index is 959. The van der Waals surface area contributed by atoms with Crippen molar-refractivity contribution in [2.75, 3.05) is 0 Å². The van der Waals surface area contributed by atoms with Crippen molar-refractivity contribution < 1.29 is 13.3 Å². The molecule has 0 fully saturated rings. The Morgan fingerprint density at radius 2 is 0.600 bits per heavy atom. The Kier molecular flexibility index (Phi) is 7.79. The molecule has 3 aromatic carbocycles. The summed E-state index contributed by atoms with van der Waals surface area (Å²) in [7, 11) is -4.99. The van der Waals surface area contributed by atoms with Crippen molar-refractivity contribution in [1.82, 2.24) is 0 Å². The van der Waals surface area contributed by atoms with Crippen LogP contribution in [0.15, 0.2) is 72.8 Å². The van der Waals surface area contributed by atoms with Crippen molar-refractivity contribution in [2.45, 2.75) is 71.3 Å². The Morgan fingerprint density at radius 1 is 0.400 bits per heavy atom. The van der Waals surface area contributed by atoms with Crippen LogP contribution < -0.4 is 13.3 Å². The molecule has 0 aliphatic carbocycles. The average molecular weight is 523 g/mol. The lowest BCUT2D eigenvalue weighted by molar-refractivity contribution is 0.555. The fraction of sp³-hybridized carbons (Fsp3) is 0.379. The van der Waals surface area contributed by atoms with Crippen molar-refractivity contribution in [3.05, 3.63) is 89.5 Å². The number of benzene rings is 3. The Morgan fingerprint density at radius 3 is 0.771 bits per heavy atom. The third kappa shape index (κ3) is 7.59. The summed E-state index contributed by atoms with van der Waals surface area (Å²) in [4.78, 5) is 0. The van der Waals surface area contributed by atoms with E-state index >= 15 is 0 Å². The molecule has 0 aliphatic heterocycles. The van der Waals surface area contributed by atoms with Crippen LogP contribution >= 0.6 is 0 Å². The fourth-order valence-corrected chi connectivity index (χ4v) is 6.66. The Balaban J connectivity index is 2.05. The second kappa shape index (κ2) is 9.99. The lowest BCUT2D eigenvalue weighted by Gasteiger charge is -2.33. The first-order valence-corrected chi connectivity index (χ1v) is 22.7. The molecule has 6 heteroatoms. The first kappa shape index (κ1) is 27.3. The lowest BCUT2D eigenvalue weighted by Crippen LogP contribution is -2.30. The molecule has 0 aliphatic rings. The van der Waals surface area contributed by atoms with E-state index in [4.69, 9.17) is 13.3 Å². The Hall–Kier alpha value is -2.29. The van der Waals surface area contributed by atoms with Crippen LogP contribution in [0.5, 0.6) is 17.2 Å². The smallest absolute Gasteiger partial charge is 0.242 e. The topological polar surface area (TPSA) is 27.7 Å². The van der Waals surface area contributed by atoms with Crippen LogP contribution in [0.2, 0.25) is 58.9 Å². The highest BCUT2D eigenvalue weighted by molar-refractivity contribution is 6.71. The summed E-state index contributed by atoms with van der Waals surface area (Å²) in [5.74, 6) is 2.81. The molecule has 188 valence electrons. The summed E-state index contributed by atoms with van der Waals surface area (Å²) in [5, 5.41) is 0. The molecular formula is C29H42O3Si3. The van der Waals surface area contributed by atoms with Gasteiger partial charge in [-0.05, 0) is 119 Å². The second-order valence-corrected chi connectivity index (χ2v) is 25.6. The summed E-state index contributed by atoms with van der Waals surface area (Å²) in [5.41, 5.74) is 3.32. The molecular weight excluding hydrogens is 481 g/mol. The molecule has 3 nitrogen and oxygen atoms in total. The van der Waals surface area contributed by atoms with Gasteiger partial charge < -0.3 is 13.3 Å². The fourth-order valence-electron chi connectivity index (χ4n) is 4.13. The molecule has 3 aromatic rings. The zero-order valence-corrected chi connectivity index (χ0v) is 26.2. The van der Waals surface area contributed by atoms with Crippen molar-refractivity contribution in [1.29, 1.82) is 0 Å². The molecule has 0 spiro atoms. The van der Waals surface area contributed by atoms with Gasteiger partial charge in [0.25, 0.3) is 0 Å². The van der Waals surface area contributed by atoms with Crippen LogP contribution in [0, 0.1) is 0 Å². The molecule has 0 radical (unpaired) electrons. The van der Waals surface area contributed by atoms with Gasteiger partial charge in [-0.3, -0.25) is 0 Å². The van der Waals surface area contributed by atoms with Gasteiger partial charge >= 0.3 is 0 Å². The maximum Gasteiger partial charge on any atom is 0.242 e. The van der Waals surface area contributed by atoms with E-state index in [-0.39, 0.29) is 5.41 Å². The van der Waals surface area contributed by atoms with E-state index in [0.29, 0.717) is 0 Å². The summed E-state index contributed by atoms with van der Waals surface area (Å²) in [6.07, 6.45) is 0. The number of hydrogen-bond acceptors (Lipinski definition) is 3. The third-order valence-electron chi connectivity index (χ3n) is 5.57.